The molecule has 1 fully saturated rings. The first-order chi connectivity index (χ1) is 10.6. The number of likely N-dealkylation sites (tertiary alicyclic amines) is 1. The van der Waals surface area contributed by atoms with Crippen molar-refractivity contribution in [1.29, 1.82) is 0 Å². The van der Waals surface area contributed by atoms with Crippen LogP contribution in [0.25, 0.3) is 0 Å². The second-order valence-electron chi connectivity index (χ2n) is 5.74. The van der Waals surface area contributed by atoms with Crippen LogP contribution in [0.2, 0.25) is 0 Å². The SMILES string of the molecule is CC1CC(c2cccc(F)c2)N(C(=O)Nc2cccnc2)C1. The van der Waals surface area contributed by atoms with Crippen LogP contribution in [0.15, 0.2) is 48.8 Å². The molecule has 2 amide bonds. The number of nitrogens with one attached hydrogen (secondary N) is 1. The molecule has 2 heterocycles. The third-order valence-electron chi connectivity index (χ3n) is 3.92. The summed E-state index contributed by atoms with van der Waals surface area (Å²) >= 11 is 0. The molecule has 3 rings (SSSR count). The number of benzene rings is 1. The number of halogens is 1. The molecule has 1 aromatic carbocycles. The van der Waals surface area contributed by atoms with E-state index in [1.54, 1.807) is 35.5 Å². The van der Waals surface area contributed by atoms with Crippen LogP contribution < -0.4 is 5.32 Å². The maximum Gasteiger partial charge on any atom is 0.322 e. The van der Waals surface area contributed by atoms with E-state index in [4.69, 9.17) is 0 Å². The van der Waals surface area contributed by atoms with Gasteiger partial charge in [-0.25, -0.2) is 9.18 Å². The van der Waals surface area contributed by atoms with Crippen LogP contribution in [0.5, 0.6) is 0 Å². The van der Waals surface area contributed by atoms with Crippen molar-refractivity contribution in [3.05, 3.63) is 60.2 Å². The van der Waals surface area contributed by atoms with E-state index in [1.165, 1.54) is 12.1 Å². The van der Waals surface area contributed by atoms with Crippen molar-refractivity contribution in [3.8, 4) is 0 Å². The summed E-state index contributed by atoms with van der Waals surface area (Å²) in [5.41, 5.74) is 1.50. The summed E-state index contributed by atoms with van der Waals surface area (Å²) in [6.45, 7) is 2.76. The van der Waals surface area contributed by atoms with E-state index in [2.05, 4.69) is 17.2 Å². The van der Waals surface area contributed by atoms with E-state index in [0.29, 0.717) is 18.2 Å². The van der Waals surface area contributed by atoms with Gasteiger partial charge in [-0.3, -0.25) is 4.98 Å². The number of anilines is 1. The quantitative estimate of drug-likeness (QED) is 0.916. The van der Waals surface area contributed by atoms with Crippen LogP contribution in [0, 0.1) is 11.7 Å². The zero-order valence-corrected chi connectivity index (χ0v) is 12.4. The summed E-state index contributed by atoms with van der Waals surface area (Å²) in [7, 11) is 0. The minimum atomic E-state index is -0.273. The van der Waals surface area contributed by atoms with Gasteiger partial charge in [-0.1, -0.05) is 19.1 Å². The highest BCUT2D eigenvalue weighted by molar-refractivity contribution is 5.89. The van der Waals surface area contributed by atoms with Gasteiger partial charge in [-0.15, -0.1) is 0 Å². The highest BCUT2D eigenvalue weighted by Gasteiger charge is 2.34. The summed E-state index contributed by atoms with van der Waals surface area (Å²) in [6, 6.07) is 9.78. The first kappa shape index (κ1) is 14.5. The first-order valence-electron chi connectivity index (χ1n) is 7.36. The fourth-order valence-electron chi connectivity index (χ4n) is 2.93. The summed E-state index contributed by atoms with van der Waals surface area (Å²) in [4.78, 5) is 18.3. The molecule has 1 aliphatic rings. The van der Waals surface area contributed by atoms with E-state index in [-0.39, 0.29) is 17.9 Å². The zero-order chi connectivity index (χ0) is 15.5. The van der Waals surface area contributed by atoms with Crippen LogP contribution in [0.3, 0.4) is 0 Å². The van der Waals surface area contributed by atoms with Gasteiger partial charge in [-0.2, -0.15) is 0 Å². The Morgan fingerprint density at radius 1 is 1.36 bits per heavy atom. The molecule has 2 atom stereocenters. The van der Waals surface area contributed by atoms with Gasteiger partial charge in [0.25, 0.3) is 0 Å². The lowest BCUT2D eigenvalue weighted by Crippen LogP contribution is -2.35. The van der Waals surface area contributed by atoms with E-state index in [0.717, 1.165) is 12.0 Å². The molecule has 1 N–H and O–H groups in total. The normalized spacial score (nSPS) is 20.9. The topological polar surface area (TPSA) is 45.2 Å². The Bertz CT molecular complexity index is 662. The maximum absolute atomic E-state index is 13.5. The van der Waals surface area contributed by atoms with Crippen molar-refractivity contribution in [2.75, 3.05) is 11.9 Å². The number of urea groups is 1. The van der Waals surface area contributed by atoms with Gasteiger partial charge in [0.15, 0.2) is 0 Å². The summed E-state index contributed by atoms with van der Waals surface area (Å²) < 4.78 is 13.5. The van der Waals surface area contributed by atoms with Gasteiger partial charge in [-0.05, 0) is 42.2 Å². The number of carbonyl (C=O) groups is 1. The molecule has 0 bridgehead atoms. The molecule has 0 saturated carbocycles. The first-order valence-corrected chi connectivity index (χ1v) is 7.36. The third-order valence-corrected chi connectivity index (χ3v) is 3.92. The minimum Gasteiger partial charge on any atom is -0.317 e. The third kappa shape index (κ3) is 3.08. The Balaban J connectivity index is 1.80. The largest absolute Gasteiger partial charge is 0.322 e. The van der Waals surface area contributed by atoms with Gasteiger partial charge in [0.2, 0.25) is 0 Å². The molecule has 0 radical (unpaired) electrons. The Kier molecular flexibility index (Phi) is 4.04. The number of nitrogens with zero attached hydrogens (tertiary/aromatic N) is 2. The average molecular weight is 299 g/mol. The molecule has 1 saturated heterocycles. The fourth-order valence-corrected chi connectivity index (χ4v) is 2.93. The zero-order valence-electron chi connectivity index (χ0n) is 12.4. The number of carbonyl (C=O) groups excluding carboxylic acids is 1. The second-order valence-corrected chi connectivity index (χ2v) is 5.74. The number of aromatic nitrogens is 1. The highest BCUT2D eigenvalue weighted by Crippen LogP contribution is 2.35. The molecule has 2 unspecified atom stereocenters. The van der Waals surface area contributed by atoms with Crippen LogP contribution >= 0.6 is 0 Å². The number of pyridine rings is 1. The van der Waals surface area contributed by atoms with Crippen LogP contribution in [0.1, 0.15) is 24.9 Å². The summed E-state index contributed by atoms with van der Waals surface area (Å²) in [6.07, 6.45) is 4.10. The Morgan fingerprint density at radius 3 is 2.95 bits per heavy atom. The van der Waals surface area contributed by atoms with E-state index < -0.39 is 0 Å². The molecular weight excluding hydrogens is 281 g/mol. The second kappa shape index (κ2) is 6.13. The van der Waals surface area contributed by atoms with E-state index in [9.17, 15) is 9.18 Å². The van der Waals surface area contributed by atoms with Crippen molar-refractivity contribution in [2.45, 2.75) is 19.4 Å². The molecule has 1 aliphatic heterocycles. The smallest absolute Gasteiger partial charge is 0.317 e. The predicted octanol–water partition coefficient (Wildman–Crippen LogP) is 3.84. The molecule has 5 heteroatoms. The van der Waals surface area contributed by atoms with Crippen molar-refractivity contribution in [3.63, 3.8) is 0 Å². The van der Waals surface area contributed by atoms with Crippen molar-refractivity contribution >= 4 is 11.7 Å². The van der Waals surface area contributed by atoms with Gasteiger partial charge >= 0.3 is 6.03 Å². The van der Waals surface area contributed by atoms with Gasteiger partial charge < -0.3 is 10.2 Å². The molecule has 0 spiro atoms. The fraction of sp³-hybridized carbons (Fsp3) is 0.294. The van der Waals surface area contributed by atoms with Crippen molar-refractivity contribution in [2.24, 2.45) is 5.92 Å². The lowest BCUT2D eigenvalue weighted by molar-refractivity contribution is 0.206. The number of hydrogen-bond donors (Lipinski definition) is 1. The van der Waals surface area contributed by atoms with Gasteiger partial charge in [0, 0.05) is 12.7 Å². The Labute approximate surface area is 129 Å². The molecule has 22 heavy (non-hydrogen) atoms. The van der Waals surface area contributed by atoms with Crippen LogP contribution in [0.4, 0.5) is 14.9 Å². The van der Waals surface area contributed by atoms with Crippen molar-refractivity contribution < 1.29 is 9.18 Å². The monoisotopic (exact) mass is 299 g/mol. The Hall–Kier alpha value is -2.43. The highest BCUT2D eigenvalue weighted by atomic mass is 19.1. The summed E-state index contributed by atoms with van der Waals surface area (Å²) in [5, 5.41) is 2.85. The lowest BCUT2D eigenvalue weighted by Gasteiger charge is -2.25. The number of amides is 2. The molecule has 2 aromatic rings. The maximum atomic E-state index is 13.5. The Morgan fingerprint density at radius 2 is 2.23 bits per heavy atom. The van der Waals surface area contributed by atoms with E-state index >= 15 is 0 Å². The minimum absolute atomic E-state index is 0.0950. The van der Waals surface area contributed by atoms with Gasteiger partial charge in [0.05, 0.1) is 17.9 Å². The van der Waals surface area contributed by atoms with Crippen LogP contribution in [-0.4, -0.2) is 22.5 Å². The number of hydrogen-bond acceptors (Lipinski definition) is 2. The predicted molar refractivity (Wildman–Crippen MR) is 82.9 cm³/mol. The van der Waals surface area contributed by atoms with Gasteiger partial charge in [0.1, 0.15) is 5.82 Å². The standard InChI is InChI=1S/C17H18FN3O/c1-12-8-16(13-4-2-5-14(18)9-13)21(11-12)17(22)20-15-6-3-7-19-10-15/h2-7,9-10,12,16H,8,11H2,1H3,(H,20,22). The molecule has 0 aliphatic carbocycles. The average Bonchev–Trinajstić information content (AvgIpc) is 2.90. The molecule has 114 valence electrons. The molecule has 1 aromatic heterocycles. The van der Waals surface area contributed by atoms with Crippen molar-refractivity contribution in [1.82, 2.24) is 9.88 Å². The van der Waals surface area contributed by atoms with E-state index in [1.807, 2.05) is 6.07 Å². The molecular formula is C17H18FN3O. The number of rotatable bonds is 2. The van der Waals surface area contributed by atoms with Crippen LogP contribution in [-0.2, 0) is 0 Å². The molecule has 4 nitrogen and oxygen atoms in total. The lowest BCUT2D eigenvalue weighted by atomic mass is 10.0. The summed E-state index contributed by atoms with van der Waals surface area (Å²) in [5.74, 6) is 0.109.